The minimum absolute atomic E-state index is 0.155. The highest BCUT2D eigenvalue weighted by atomic mass is 35.5. The quantitative estimate of drug-likeness (QED) is 0.368. The maximum absolute atomic E-state index is 13.3. The maximum Gasteiger partial charge on any atom is 0.242 e. The Kier molecular flexibility index (Phi) is 9.69. The zero-order valence-corrected chi connectivity index (χ0v) is 21.8. The van der Waals surface area contributed by atoms with Crippen LogP contribution in [0.5, 0.6) is 0 Å². The van der Waals surface area contributed by atoms with Crippen LogP contribution in [0.4, 0.5) is 0 Å². The number of hydrogen-bond donors (Lipinski definition) is 2. The van der Waals surface area contributed by atoms with Crippen molar-refractivity contribution in [3.63, 3.8) is 0 Å². The van der Waals surface area contributed by atoms with Crippen molar-refractivity contribution in [1.82, 2.24) is 14.9 Å². The molecule has 3 aromatic rings. The molecule has 0 spiro atoms. The highest BCUT2D eigenvalue weighted by Crippen LogP contribution is 2.17. The number of nitrogens with one attached hydrogen (secondary N) is 2. The first-order valence-electron chi connectivity index (χ1n) is 11.6. The van der Waals surface area contributed by atoms with Gasteiger partial charge in [0.1, 0.15) is 11.8 Å². The van der Waals surface area contributed by atoms with E-state index >= 15 is 0 Å². The summed E-state index contributed by atoms with van der Waals surface area (Å²) in [6.07, 6.45) is 2.09. The molecule has 3 rings (SSSR count). The van der Waals surface area contributed by atoms with E-state index in [1.54, 1.807) is 50.2 Å². The summed E-state index contributed by atoms with van der Waals surface area (Å²) >= 11 is 5.99. The number of carbonyl (C=O) groups is 2. The molecule has 1 heterocycles. The van der Waals surface area contributed by atoms with E-state index in [1.807, 2.05) is 12.1 Å². The average Bonchev–Trinajstić information content (AvgIpc) is 3.39. The largest absolute Gasteiger partial charge is 0.467 e. The minimum atomic E-state index is -3.54. The lowest BCUT2D eigenvalue weighted by atomic mass is 10.1. The Bertz CT molecular complexity index is 1240. The summed E-state index contributed by atoms with van der Waals surface area (Å²) in [6.45, 7) is 4.17. The summed E-state index contributed by atoms with van der Waals surface area (Å²) in [7, 11) is -3.54. The Morgan fingerprint density at radius 3 is 2.31 bits per heavy atom. The summed E-state index contributed by atoms with van der Waals surface area (Å²) in [5.41, 5.74) is 1.66. The third-order valence-corrected chi connectivity index (χ3v) is 7.46. The lowest BCUT2D eigenvalue weighted by Gasteiger charge is -2.29. The van der Waals surface area contributed by atoms with Gasteiger partial charge >= 0.3 is 0 Å². The minimum Gasteiger partial charge on any atom is -0.467 e. The number of hydrogen-bond acceptors (Lipinski definition) is 5. The second-order valence-electron chi connectivity index (χ2n) is 8.27. The molecule has 2 aromatic carbocycles. The molecular weight excluding hydrogens is 502 g/mol. The molecule has 0 bridgehead atoms. The molecule has 0 saturated carbocycles. The second kappa shape index (κ2) is 12.7. The number of aryl methyl sites for hydroxylation is 1. The van der Waals surface area contributed by atoms with Gasteiger partial charge in [-0.2, -0.15) is 0 Å². The lowest BCUT2D eigenvalue weighted by molar-refractivity contribution is -0.140. The van der Waals surface area contributed by atoms with Gasteiger partial charge in [0.05, 0.1) is 17.7 Å². The van der Waals surface area contributed by atoms with E-state index < -0.39 is 16.1 Å². The number of furan rings is 1. The van der Waals surface area contributed by atoms with Gasteiger partial charge in [0.2, 0.25) is 21.8 Å². The van der Waals surface area contributed by atoms with E-state index in [4.69, 9.17) is 16.0 Å². The molecule has 0 radical (unpaired) electrons. The summed E-state index contributed by atoms with van der Waals surface area (Å²) < 4.78 is 32.0. The summed E-state index contributed by atoms with van der Waals surface area (Å²) in [4.78, 5) is 27.8. The van der Waals surface area contributed by atoms with Gasteiger partial charge in [0, 0.05) is 24.5 Å². The first kappa shape index (κ1) is 27.4. The monoisotopic (exact) mass is 531 g/mol. The molecule has 0 fully saturated rings. The zero-order valence-electron chi connectivity index (χ0n) is 20.2. The standard InChI is InChI=1S/C26H30ClN3O5S/c1-3-29-36(33,34)24-13-8-20(9-14-24)10-15-25(31)30(18-21-6-11-22(27)12-7-21)19(2)26(32)28-17-23-5-4-16-35-23/h4-9,11-14,16,19,29H,3,10,15,17-18H2,1-2H3,(H,28,32)/t19-/m1/s1. The SMILES string of the molecule is CCNS(=O)(=O)c1ccc(CCC(=O)N(Cc2ccc(Cl)cc2)[C@H](C)C(=O)NCc2ccco2)cc1. The van der Waals surface area contributed by atoms with E-state index in [0.29, 0.717) is 23.7 Å². The van der Waals surface area contributed by atoms with Crippen LogP contribution in [0.25, 0.3) is 0 Å². The molecule has 10 heteroatoms. The van der Waals surface area contributed by atoms with E-state index in [1.165, 1.54) is 23.3 Å². The van der Waals surface area contributed by atoms with Crippen LogP contribution >= 0.6 is 11.6 Å². The van der Waals surface area contributed by atoms with E-state index in [2.05, 4.69) is 10.0 Å². The first-order valence-corrected chi connectivity index (χ1v) is 13.5. The molecule has 1 aromatic heterocycles. The molecular formula is C26H30ClN3O5S. The molecule has 2 amide bonds. The van der Waals surface area contributed by atoms with Crippen LogP contribution in [-0.4, -0.2) is 37.7 Å². The number of amides is 2. The Balaban J connectivity index is 1.69. The first-order chi connectivity index (χ1) is 17.2. The van der Waals surface area contributed by atoms with Gasteiger partial charge in [-0.1, -0.05) is 42.8 Å². The fourth-order valence-electron chi connectivity index (χ4n) is 3.61. The van der Waals surface area contributed by atoms with Crippen LogP contribution in [0.15, 0.2) is 76.2 Å². The molecule has 2 N–H and O–H groups in total. The normalized spacial score (nSPS) is 12.2. The summed E-state index contributed by atoms with van der Waals surface area (Å²) in [6, 6.07) is 16.3. The number of rotatable bonds is 12. The number of benzene rings is 2. The fraction of sp³-hybridized carbons (Fsp3) is 0.308. The number of sulfonamides is 1. The van der Waals surface area contributed by atoms with Crippen molar-refractivity contribution in [2.24, 2.45) is 0 Å². The fourth-order valence-corrected chi connectivity index (χ4v) is 4.77. The Morgan fingerprint density at radius 1 is 1.03 bits per heavy atom. The maximum atomic E-state index is 13.3. The number of halogens is 1. The van der Waals surface area contributed by atoms with Crippen molar-refractivity contribution in [2.45, 2.75) is 50.7 Å². The van der Waals surface area contributed by atoms with Gasteiger partial charge in [-0.05, 0) is 60.9 Å². The number of nitrogens with zero attached hydrogens (tertiary/aromatic N) is 1. The van der Waals surface area contributed by atoms with Crippen molar-refractivity contribution >= 4 is 33.4 Å². The highest BCUT2D eigenvalue weighted by Gasteiger charge is 2.26. The molecule has 0 unspecified atom stereocenters. The van der Waals surface area contributed by atoms with Crippen LogP contribution in [-0.2, 0) is 39.1 Å². The second-order valence-corrected chi connectivity index (χ2v) is 10.5. The van der Waals surface area contributed by atoms with E-state index in [0.717, 1.165) is 11.1 Å². The van der Waals surface area contributed by atoms with Crippen LogP contribution in [0.2, 0.25) is 5.02 Å². The van der Waals surface area contributed by atoms with Crippen molar-refractivity contribution < 1.29 is 22.4 Å². The smallest absolute Gasteiger partial charge is 0.242 e. The average molecular weight is 532 g/mol. The third kappa shape index (κ3) is 7.68. The highest BCUT2D eigenvalue weighted by molar-refractivity contribution is 7.89. The van der Waals surface area contributed by atoms with Gasteiger partial charge in [-0.15, -0.1) is 0 Å². The van der Waals surface area contributed by atoms with Crippen LogP contribution < -0.4 is 10.0 Å². The summed E-state index contributed by atoms with van der Waals surface area (Å²) in [5.74, 6) is 0.118. The van der Waals surface area contributed by atoms with Crippen LogP contribution in [0, 0.1) is 0 Å². The van der Waals surface area contributed by atoms with Crippen LogP contribution in [0.3, 0.4) is 0 Å². The topological polar surface area (TPSA) is 109 Å². The van der Waals surface area contributed by atoms with Crippen molar-refractivity contribution in [3.8, 4) is 0 Å². The molecule has 0 aliphatic rings. The predicted molar refractivity (Wildman–Crippen MR) is 138 cm³/mol. The van der Waals surface area contributed by atoms with Gasteiger partial charge in [0.15, 0.2) is 0 Å². The van der Waals surface area contributed by atoms with E-state index in [-0.39, 0.29) is 36.2 Å². The van der Waals surface area contributed by atoms with Gasteiger partial charge in [0.25, 0.3) is 0 Å². The predicted octanol–water partition coefficient (Wildman–Crippen LogP) is 3.90. The van der Waals surface area contributed by atoms with Gasteiger partial charge in [-0.3, -0.25) is 9.59 Å². The summed E-state index contributed by atoms with van der Waals surface area (Å²) in [5, 5.41) is 3.39. The molecule has 0 aliphatic carbocycles. The molecule has 0 saturated heterocycles. The molecule has 8 nitrogen and oxygen atoms in total. The molecule has 36 heavy (non-hydrogen) atoms. The Hall–Kier alpha value is -3.14. The Labute approximate surface area is 216 Å². The number of carbonyl (C=O) groups excluding carboxylic acids is 2. The van der Waals surface area contributed by atoms with Gasteiger partial charge in [-0.25, -0.2) is 13.1 Å². The molecule has 0 aliphatic heterocycles. The van der Waals surface area contributed by atoms with Crippen molar-refractivity contribution in [3.05, 3.63) is 88.8 Å². The third-order valence-electron chi connectivity index (χ3n) is 5.65. The van der Waals surface area contributed by atoms with Gasteiger partial charge < -0.3 is 14.6 Å². The lowest BCUT2D eigenvalue weighted by Crippen LogP contribution is -2.47. The Morgan fingerprint density at radius 2 is 1.69 bits per heavy atom. The van der Waals surface area contributed by atoms with Crippen LogP contribution in [0.1, 0.15) is 37.2 Å². The zero-order chi connectivity index (χ0) is 26.1. The van der Waals surface area contributed by atoms with Crippen molar-refractivity contribution in [1.29, 1.82) is 0 Å². The van der Waals surface area contributed by atoms with E-state index in [9.17, 15) is 18.0 Å². The molecule has 192 valence electrons. The van der Waals surface area contributed by atoms with Crippen molar-refractivity contribution in [2.75, 3.05) is 6.54 Å². The molecule has 1 atom stereocenters.